The van der Waals surface area contributed by atoms with Crippen molar-refractivity contribution in [1.29, 1.82) is 0 Å². The van der Waals surface area contributed by atoms with Gasteiger partial charge in [-0.05, 0) is 57.6 Å². The van der Waals surface area contributed by atoms with Gasteiger partial charge in [0.05, 0.1) is 0 Å². The van der Waals surface area contributed by atoms with Gasteiger partial charge >= 0.3 is 0 Å². The first-order chi connectivity index (χ1) is 8.15. The molecule has 2 rings (SSSR count). The Balaban J connectivity index is 1.90. The molecule has 17 heavy (non-hydrogen) atoms. The third-order valence-corrected chi connectivity index (χ3v) is 3.98. The van der Waals surface area contributed by atoms with Gasteiger partial charge in [0.15, 0.2) is 0 Å². The topological polar surface area (TPSA) is 12.0 Å². The Kier molecular flexibility index (Phi) is 4.22. The molecule has 94 valence electrons. The first-order valence-electron chi connectivity index (χ1n) is 6.97. The second kappa shape index (κ2) is 5.68. The normalized spacial score (nSPS) is 24.9. The van der Waals surface area contributed by atoms with E-state index in [2.05, 4.69) is 44.3 Å². The van der Waals surface area contributed by atoms with E-state index in [4.69, 9.17) is 0 Å². The zero-order valence-electron chi connectivity index (χ0n) is 11.4. The highest BCUT2D eigenvalue weighted by atomic mass is 15.0. The lowest BCUT2D eigenvalue weighted by Crippen LogP contribution is -2.40. The molecule has 1 fully saturated rings. The summed E-state index contributed by atoms with van der Waals surface area (Å²) in [5.41, 5.74) is 4.36. The third kappa shape index (κ3) is 3.57. The summed E-state index contributed by atoms with van der Waals surface area (Å²) < 4.78 is 0. The van der Waals surface area contributed by atoms with Crippen molar-refractivity contribution in [2.24, 2.45) is 0 Å². The standard InChI is InChI=1S/C16H25N/c1-12-7-8-13(2)15(11-12)9-10-16-6-4-5-14(3)17-16/h7-8,11,14,16-17H,4-6,9-10H2,1-3H3. The number of benzene rings is 1. The monoisotopic (exact) mass is 231 g/mol. The zero-order chi connectivity index (χ0) is 12.3. The Morgan fingerprint density at radius 1 is 1.24 bits per heavy atom. The van der Waals surface area contributed by atoms with Gasteiger partial charge in [-0.1, -0.05) is 30.2 Å². The van der Waals surface area contributed by atoms with Crippen LogP contribution in [0, 0.1) is 13.8 Å². The van der Waals surface area contributed by atoms with Crippen molar-refractivity contribution in [2.75, 3.05) is 0 Å². The minimum absolute atomic E-state index is 0.715. The summed E-state index contributed by atoms with van der Waals surface area (Å²) in [5.74, 6) is 0. The van der Waals surface area contributed by atoms with Crippen LogP contribution in [0.15, 0.2) is 18.2 Å². The van der Waals surface area contributed by atoms with E-state index in [9.17, 15) is 0 Å². The molecule has 1 heterocycles. The largest absolute Gasteiger partial charge is 0.311 e. The zero-order valence-corrected chi connectivity index (χ0v) is 11.4. The Hall–Kier alpha value is -0.820. The Labute approximate surface area is 106 Å². The van der Waals surface area contributed by atoms with Crippen LogP contribution in [0.1, 0.15) is 49.3 Å². The molecule has 0 spiro atoms. The molecular formula is C16H25N. The average molecular weight is 231 g/mol. The van der Waals surface area contributed by atoms with Gasteiger partial charge in [-0.15, -0.1) is 0 Å². The molecule has 0 bridgehead atoms. The maximum absolute atomic E-state index is 3.72. The summed E-state index contributed by atoms with van der Waals surface area (Å²) in [4.78, 5) is 0. The van der Waals surface area contributed by atoms with Crippen molar-refractivity contribution in [3.63, 3.8) is 0 Å². The second-order valence-electron chi connectivity index (χ2n) is 5.66. The number of piperidine rings is 1. The fraction of sp³-hybridized carbons (Fsp3) is 0.625. The number of nitrogens with one attached hydrogen (secondary N) is 1. The van der Waals surface area contributed by atoms with Crippen LogP contribution in [0.5, 0.6) is 0 Å². The van der Waals surface area contributed by atoms with E-state index >= 15 is 0 Å². The fourth-order valence-electron chi connectivity index (χ4n) is 2.87. The molecule has 1 aromatic carbocycles. The van der Waals surface area contributed by atoms with Crippen LogP contribution in [-0.4, -0.2) is 12.1 Å². The van der Waals surface area contributed by atoms with E-state index in [1.54, 1.807) is 0 Å². The van der Waals surface area contributed by atoms with Crippen molar-refractivity contribution >= 4 is 0 Å². The summed E-state index contributed by atoms with van der Waals surface area (Å²) in [6, 6.07) is 8.26. The summed E-state index contributed by atoms with van der Waals surface area (Å²) in [5, 5.41) is 3.72. The van der Waals surface area contributed by atoms with Gasteiger partial charge in [0.2, 0.25) is 0 Å². The predicted molar refractivity (Wildman–Crippen MR) is 74.5 cm³/mol. The lowest BCUT2D eigenvalue weighted by molar-refractivity contribution is 0.322. The number of aryl methyl sites for hydroxylation is 3. The van der Waals surface area contributed by atoms with Crippen LogP contribution >= 0.6 is 0 Å². The van der Waals surface area contributed by atoms with Gasteiger partial charge in [0.1, 0.15) is 0 Å². The SMILES string of the molecule is Cc1ccc(C)c(CCC2CCCC(C)N2)c1. The molecule has 1 nitrogen and oxygen atoms in total. The Morgan fingerprint density at radius 3 is 2.82 bits per heavy atom. The van der Waals surface area contributed by atoms with Crippen molar-refractivity contribution in [3.8, 4) is 0 Å². The molecule has 1 N–H and O–H groups in total. The molecule has 0 aromatic heterocycles. The minimum Gasteiger partial charge on any atom is -0.311 e. The fourth-order valence-corrected chi connectivity index (χ4v) is 2.87. The maximum atomic E-state index is 3.72. The third-order valence-electron chi connectivity index (χ3n) is 3.98. The van der Waals surface area contributed by atoms with E-state index < -0.39 is 0 Å². The van der Waals surface area contributed by atoms with Crippen LogP contribution in [0.4, 0.5) is 0 Å². The van der Waals surface area contributed by atoms with Gasteiger partial charge in [0, 0.05) is 12.1 Å². The molecule has 0 saturated carbocycles. The van der Waals surface area contributed by atoms with Crippen molar-refractivity contribution in [3.05, 3.63) is 34.9 Å². The molecule has 1 heteroatoms. The summed E-state index contributed by atoms with van der Waals surface area (Å²) in [6.45, 7) is 6.72. The van der Waals surface area contributed by atoms with Gasteiger partial charge in [-0.25, -0.2) is 0 Å². The van der Waals surface area contributed by atoms with Gasteiger partial charge in [0.25, 0.3) is 0 Å². The van der Waals surface area contributed by atoms with Gasteiger partial charge in [-0.2, -0.15) is 0 Å². The van der Waals surface area contributed by atoms with Crippen LogP contribution in [-0.2, 0) is 6.42 Å². The van der Waals surface area contributed by atoms with Gasteiger partial charge < -0.3 is 5.32 Å². The molecule has 1 aliphatic heterocycles. The molecule has 0 amide bonds. The number of hydrogen-bond acceptors (Lipinski definition) is 1. The molecule has 1 saturated heterocycles. The second-order valence-corrected chi connectivity index (χ2v) is 5.66. The van der Waals surface area contributed by atoms with E-state index in [0.29, 0.717) is 6.04 Å². The Bertz CT molecular complexity index is 370. The minimum atomic E-state index is 0.715. The molecule has 2 atom stereocenters. The first kappa shape index (κ1) is 12.6. The summed E-state index contributed by atoms with van der Waals surface area (Å²) >= 11 is 0. The molecule has 1 aromatic rings. The molecule has 0 radical (unpaired) electrons. The Morgan fingerprint density at radius 2 is 2.06 bits per heavy atom. The summed E-state index contributed by atoms with van der Waals surface area (Å²) in [7, 11) is 0. The highest BCUT2D eigenvalue weighted by Gasteiger charge is 2.17. The highest BCUT2D eigenvalue weighted by molar-refractivity contribution is 5.30. The first-order valence-corrected chi connectivity index (χ1v) is 6.97. The van der Waals surface area contributed by atoms with Crippen LogP contribution < -0.4 is 5.32 Å². The predicted octanol–water partition coefficient (Wildman–Crippen LogP) is 3.77. The number of rotatable bonds is 3. The van der Waals surface area contributed by atoms with Gasteiger partial charge in [-0.3, -0.25) is 0 Å². The molecular weight excluding hydrogens is 206 g/mol. The lowest BCUT2D eigenvalue weighted by atomic mass is 9.93. The molecule has 0 aliphatic carbocycles. The maximum Gasteiger partial charge on any atom is 0.00727 e. The quantitative estimate of drug-likeness (QED) is 0.835. The lowest BCUT2D eigenvalue weighted by Gasteiger charge is -2.29. The van der Waals surface area contributed by atoms with Crippen LogP contribution in [0.3, 0.4) is 0 Å². The van der Waals surface area contributed by atoms with Crippen LogP contribution in [0.25, 0.3) is 0 Å². The van der Waals surface area contributed by atoms with Crippen LogP contribution in [0.2, 0.25) is 0 Å². The van der Waals surface area contributed by atoms with Crippen molar-refractivity contribution in [2.45, 2.75) is 65.0 Å². The van der Waals surface area contributed by atoms with Crippen molar-refractivity contribution in [1.82, 2.24) is 5.32 Å². The van der Waals surface area contributed by atoms with Crippen molar-refractivity contribution < 1.29 is 0 Å². The smallest absolute Gasteiger partial charge is 0.00727 e. The average Bonchev–Trinajstić information content (AvgIpc) is 2.30. The van der Waals surface area contributed by atoms with E-state index in [0.717, 1.165) is 6.04 Å². The van der Waals surface area contributed by atoms with E-state index in [1.165, 1.54) is 48.8 Å². The van der Waals surface area contributed by atoms with E-state index in [1.807, 2.05) is 0 Å². The molecule has 2 unspecified atom stereocenters. The number of hydrogen-bond donors (Lipinski definition) is 1. The molecule has 1 aliphatic rings. The highest BCUT2D eigenvalue weighted by Crippen LogP contribution is 2.19. The van der Waals surface area contributed by atoms with E-state index in [-0.39, 0.29) is 0 Å². The summed E-state index contributed by atoms with van der Waals surface area (Å²) in [6.07, 6.45) is 6.60.